The van der Waals surface area contributed by atoms with Crippen LogP contribution in [0.15, 0.2) is 83.8 Å². The first-order valence-corrected chi connectivity index (χ1v) is 9.06. The van der Waals surface area contributed by atoms with Crippen LogP contribution >= 0.6 is 0 Å². The van der Waals surface area contributed by atoms with Crippen molar-refractivity contribution in [2.75, 3.05) is 4.31 Å². The lowest BCUT2D eigenvalue weighted by Gasteiger charge is -2.22. The van der Waals surface area contributed by atoms with Crippen LogP contribution in [0.5, 0.6) is 0 Å². The Balaban J connectivity index is 2.15. The van der Waals surface area contributed by atoms with Gasteiger partial charge in [-0.1, -0.05) is 60.7 Å². The summed E-state index contributed by atoms with van der Waals surface area (Å²) in [6, 6.07) is 20.7. The lowest BCUT2D eigenvalue weighted by Crippen LogP contribution is -2.33. The molecular weight excluding hydrogens is 330 g/mol. The summed E-state index contributed by atoms with van der Waals surface area (Å²) in [5, 5.41) is 1.86. The van der Waals surface area contributed by atoms with Crippen molar-refractivity contribution in [3.63, 3.8) is 0 Å². The number of rotatable bonds is 4. The first-order valence-electron chi connectivity index (χ1n) is 7.95. The van der Waals surface area contributed by atoms with Gasteiger partial charge in [0.2, 0.25) is 0 Å². The van der Waals surface area contributed by atoms with Crippen molar-refractivity contribution in [2.45, 2.75) is 18.7 Å². The molecule has 0 bridgehead atoms. The zero-order valence-corrected chi connectivity index (χ0v) is 15.0. The van der Waals surface area contributed by atoms with E-state index in [1.165, 1.54) is 4.31 Å². The van der Waals surface area contributed by atoms with Crippen molar-refractivity contribution < 1.29 is 9.00 Å². The summed E-state index contributed by atoms with van der Waals surface area (Å²) in [7, 11) is -1.68. The SMILES string of the molecule is C=C(C)C(=O)N(c1ccc(C)cc1)[S@@](=O)c1cccc2ccccc12. The second kappa shape index (κ2) is 7.03. The summed E-state index contributed by atoms with van der Waals surface area (Å²) in [6.07, 6.45) is 0. The highest BCUT2D eigenvalue weighted by Gasteiger charge is 2.25. The summed E-state index contributed by atoms with van der Waals surface area (Å²) < 4.78 is 14.7. The number of carbonyl (C=O) groups excluding carboxylic acids is 1. The molecule has 25 heavy (non-hydrogen) atoms. The van der Waals surface area contributed by atoms with Crippen LogP contribution in [0.25, 0.3) is 10.8 Å². The zero-order valence-electron chi connectivity index (χ0n) is 14.2. The molecule has 1 atom stereocenters. The number of anilines is 1. The van der Waals surface area contributed by atoms with Gasteiger partial charge < -0.3 is 0 Å². The van der Waals surface area contributed by atoms with Crippen molar-refractivity contribution >= 4 is 33.4 Å². The van der Waals surface area contributed by atoms with Gasteiger partial charge >= 0.3 is 0 Å². The fourth-order valence-corrected chi connectivity index (χ4v) is 3.97. The Morgan fingerprint density at radius 2 is 1.60 bits per heavy atom. The number of fused-ring (bicyclic) bond motifs is 1. The van der Waals surface area contributed by atoms with Gasteiger partial charge in [0.1, 0.15) is 0 Å². The molecule has 0 fully saturated rings. The predicted octanol–water partition coefficient (Wildman–Crippen LogP) is 4.78. The fourth-order valence-electron chi connectivity index (χ4n) is 2.59. The standard InChI is InChI=1S/C21H19NO2S/c1-15(2)21(23)22(18-13-11-16(3)12-14-18)25(24)20-10-6-8-17-7-4-5-9-19(17)20/h4-14H,1H2,2-3H3/t25-/m0/s1. The maximum atomic E-state index is 13.4. The Morgan fingerprint density at radius 1 is 0.960 bits per heavy atom. The van der Waals surface area contributed by atoms with E-state index in [1.54, 1.807) is 25.1 Å². The molecular formula is C21H19NO2S. The van der Waals surface area contributed by atoms with Crippen molar-refractivity contribution in [3.8, 4) is 0 Å². The highest BCUT2D eigenvalue weighted by atomic mass is 32.2. The highest BCUT2D eigenvalue weighted by molar-refractivity contribution is 7.87. The fraction of sp³-hybridized carbons (Fsp3) is 0.0952. The molecule has 3 nitrogen and oxygen atoms in total. The highest BCUT2D eigenvalue weighted by Crippen LogP contribution is 2.27. The minimum Gasteiger partial charge on any atom is -0.268 e. The molecule has 0 saturated carbocycles. The minimum atomic E-state index is -1.68. The molecule has 0 heterocycles. The number of hydrogen-bond acceptors (Lipinski definition) is 2. The molecule has 0 spiro atoms. The van der Waals surface area contributed by atoms with Crippen LogP contribution in [-0.2, 0) is 15.8 Å². The third kappa shape index (κ3) is 3.39. The van der Waals surface area contributed by atoms with Gasteiger partial charge in [0, 0.05) is 5.57 Å². The molecule has 3 aromatic carbocycles. The summed E-state index contributed by atoms with van der Waals surface area (Å²) in [4.78, 5) is 13.3. The van der Waals surface area contributed by atoms with Gasteiger partial charge in [-0.3, -0.25) is 4.79 Å². The third-order valence-electron chi connectivity index (χ3n) is 3.92. The van der Waals surface area contributed by atoms with Crippen molar-refractivity contribution in [3.05, 3.63) is 84.4 Å². The van der Waals surface area contributed by atoms with Crippen LogP contribution in [0.2, 0.25) is 0 Å². The van der Waals surface area contributed by atoms with Crippen LogP contribution in [-0.4, -0.2) is 10.1 Å². The largest absolute Gasteiger partial charge is 0.268 e. The van der Waals surface area contributed by atoms with Gasteiger partial charge in [0.25, 0.3) is 5.91 Å². The van der Waals surface area contributed by atoms with Crippen LogP contribution in [0.3, 0.4) is 0 Å². The van der Waals surface area contributed by atoms with Crippen molar-refractivity contribution in [1.82, 2.24) is 0 Å². The number of nitrogens with zero attached hydrogens (tertiary/aromatic N) is 1. The molecule has 0 N–H and O–H groups in total. The molecule has 3 aromatic rings. The minimum absolute atomic E-state index is 0.342. The lowest BCUT2D eigenvalue weighted by molar-refractivity contribution is -0.113. The average molecular weight is 349 g/mol. The summed E-state index contributed by atoms with van der Waals surface area (Å²) in [6.45, 7) is 7.33. The number of aryl methyl sites for hydroxylation is 1. The molecule has 126 valence electrons. The molecule has 0 radical (unpaired) electrons. The smallest absolute Gasteiger partial charge is 0.265 e. The lowest BCUT2D eigenvalue weighted by atomic mass is 10.1. The second-order valence-electron chi connectivity index (χ2n) is 5.94. The van der Waals surface area contributed by atoms with E-state index >= 15 is 0 Å². The van der Waals surface area contributed by atoms with Crippen molar-refractivity contribution in [2.24, 2.45) is 0 Å². The van der Waals surface area contributed by atoms with Crippen molar-refractivity contribution in [1.29, 1.82) is 0 Å². The van der Waals surface area contributed by atoms with E-state index in [1.807, 2.05) is 55.5 Å². The van der Waals surface area contributed by atoms with Gasteiger partial charge in [-0.05, 0) is 42.8 Å². The average Bonchev–Trinajstić information content (AvgIpc) is 2.62. The van der Waals surface area contributed by atoms with E-state index in [0.29, 0.717) is 16.2 Å². The molecule has 0 aliphatic heterocycles. The van der Waals surface area contributed by atoms with E-state index in [0.717, 1.165) is 16.3 Å². The predicted molar refractivity (Wildman–Crippen MR) is 104 cm³/mol. The van der Waals surface area contributed by atoms with E-state index in [-0.39, 0.29) is 5.91 Å². The maximum absolute atomic E-state index is 13.4. The topological polar surface area (TPSA) is 37.4 Å². The van der Waals surface area contributed by atoms with E-state index in [9.17, 15) is 9.00 Å². The number of hydrogen-bond donors (Lipinski definition) is 0. The van der Waals surface area contributed by atoms with Gasteiger partial charge in [-0.25, -0.2) is 8.51 Å². The van der Waals surface area contributed by atoms with Crippen LogP contribution in [0.4, 0.5) is 5.69 Å². The number of amides is 1. The first kappa shape index (κ1) is 17.1. The number of carbonyl (C=O) groups is 1. The Hall–Kier alpha value is -2.72. The second-order valence-corrected chi connectivity index (χ2v) is 7.25. The Kier molecular flexibility index (Phi) is 4.81. The van der Waals surface area contributed by atoms with E-state index in [4.69, 9.17) is 0 Å². The first-order chi connectivity index (χ1) is 12.0. The summed E-state index contributed by atoms with van der Waals surface area (Å²) in [5.74, 6) is -0.352. The molecule has 0 saturated heterocycles. The maximum Gasteiger partial charge on any atom is 0.265 e. The summed E-state index contributed by atoms with van der Waals surface area (Å²) >= 11 is 0. The molecule has 4 heteroatoms. The van der Waals surface area contributed by atoms with Gasteiger partial charge in [0.05, 0.1) is 10.6 Å². The van der Waals surface area contributed by atoms with Crippen LogP contribution in [0, 0.1) is 6.92 Å². The van der Waals surface area contributed by atoms with Gasteiger partial charge in [-0.15, -0.1) is 0 Å². The van der Waals surface area contributed by atoms with Gasteiger partial charge in [0.15, 0.2) is 11.0 Å². The summed E-state index contributed by atoms with van der Waals surface area (Å²) in [5.41, 5.74) is 2.00. The molecule has 0 unspecified atom stereocenters. The van der Waals surface area contributed by atoms with Crippen LogP contribution in [0.1, 0.15) is 12.5 Å². The monoisotopic (exact) mass is 349 g/mol. The molecule has 1 amide bonds. The Bertz CT molecular complexity index is 971. The molecule has 0 aliphatic rings. The van der Waals surface area contributed by atoms with E-state index in [2.05, 4.69) is 6.58 Å². The van der Waals surface area contributed by atoms with Crippen LogP contribution < -0.4 is 4.31 Å². The van der Waals surface area contributed by atoms with E-state index < -0.39 is 11.0 Å². The number of benzene rings is 3. The molecule has 3 rings (SSSR count). The third-order valence-corrected chi connectivity index (χ3v) is 5.36. The molecule has 0 aromatic heterocycles. The normalized spacial score (nSPS) is 11.9. The zero-order chi connectivity index (χ0) is 18.0. The quantitative estimate of drug-likeness (QED) is 0.636. The Morgan fingerprint density at radius 3 is 2.28 bits per heavy atom. The Labute approximate surface area is 150 Å². The molecule has 0 aliphatic carbocycles. The van der Waals surface area contributed by atoms with Gasteiger partial charge in [-0.2, -0.15) is 0 Å².